The third kappa shape index (κ3) is 23.0. The van der Waals surface area contributed by atoms with Gasteiger partial charge in [0.15, 0.2) is 0 Å². The van der Waals surface area contributed by atoms with Crippen LogP contribution in [0.2, 0.25) is 0 Å². The summed E-state index contributed by atoms with van der Waals surface area (Å²) in [5.74, 6) is -0.679. The number of hydrogen-bond donors (Lipinski definition) is 2. The van der Waals surface area contributed by atoms with Gasteiger partial charge < -0.3 is 10.4 Å². The number of nitrogens with one attached hydrogen (secondary N) is 1. The van der Waals surface area contributed by atoms with E-state index in [1.165, 1.54) is 103 Å². The molecule has 1 amide bonds. The molecular formula is C26H49NO3. The molecule has 0 rings (SSSR count). The van der Waals surface area contributed by atoms with Gasteiger partial charge in [-0.1, -0.05) is 116 Å². The van der Waals surface area contributed by atoms with Crippen LogP contribution in [0.3, 0.4) is 0 Å². The lowest BCUT2D eigenvalue weighted by Gasteiger charge is -2.05. The van der Waals surface area contributed by atoms with Gasteiger partial charge in [0.2, 0.25) is 5.91 Å². The van der Waals surface area contributed by atoms with Crippen LogP contribution in [-0.4, -0.2) is 23.5 Å². The second-order valence-corrected chi connectivity index (χ2v) is 8.90. The van der Waals surface area contributed by atoms with Crippen LogP contribution in [-0.2, 0) is 9.59 Å². The van der Waals surface area contributed by atoms with Gasteiger partial charge in [-0.15, -0.1) is 0 Å². The van der Waals surface area contributed by atoms with E-state index in [0.717, 1.165) is 25.8 Å². The van der Waals surface area contributed by atoms with E-state index in [-0.39, 0.29) is 5.91 Å². The molecule has 0 radical (unpaired) electrons. The van der Waals surface area contributed by atoms with Crippen LogP contribution in [0.25, 0.3) is 0 Å². The number of unbranched alkanes of at least 4 members (excludes halogenated alkanes) is 18. The van der Waals surface area contributed by atoms with Crippen LogP contribution in [0, 0.1) is 0 Å². The first-order valence-electron chi connectivity index (χ1n) is 12.7. The highest BCUT2D eigenvalue weighted by molar-refractivity contribution is 5.91. The summed E-state index contributed by atoms with van der Waals surface area (Å²) in [6.45, 7) is 6.16. The molecule has 2 N–H and O–H groups in total. The standard InChI is InChI=1S/C26H49NO3/c1-24(2)26(30)27-23-21-19-17-15-13-11-9-7-5-3-4-6-8-10-12-14-16-18-20-22-25(28)29/h1,3-23H2,2H3,(H,27,30)(H,28,29). The highest BCUT2D eigenvalue weighted by Gasteiger charge is 2.00. The van der Waals surface area contributed by atoms with Crippen LogP contribution in [0.5, 0.6) is 0 Å². The summed E-state index contributed by atoms with van der Waals surface area (Å²) in [7, 11) is 0. The SMILES string of the molecule is C=C(C)C(=O)NCCCCCCCCCCCCCCCCCCCCCC(=O)O. The van der Waals surface area contributed by atoms with E-state index >= 15 is 0 Å². The molecule has 4 heteroatoms. The minimum Gasteiger partial charge on any atom is -0.481 e. The molecule has 0 saturated heterocycles. The van der Waals surface area contributed by atoms with Crippen molar-refractivity contribution in [3.05, 3.63) is 12.2 Å². The summed E-state index contributed by atoms with van der Waals surface area (Å²) in [4.78, 5) is 21.8. The second kappa shape index (κ2) is 22.4. The number of carboxylic acids is 1. The minimum atomic E-state index is -0.662. The number of amides is 1. The molecule has 0 aromatic rings. The van der Waals surface area contributed by atoms with Crippen molar-refractivity contribution in [3.63, 3.8) is 0 Å². The van der Waals surface area contributed by atoms with Crippen molar-refractivity contribution in [2.75, 3.05) is 6.54 Å². The van der Waals surface area contributed by atoms with Gasteiger partial charge in [0, 0.05) is 18.5 Å². The molecule has 0 unspecified atom stereocenters. The molecule has 0 bridgehead atoms. The van der Waals surface area contributed by atoms with Crippen molar-refractivity contribution >= 4 is 11.9 Å². The largest absolute Gasteiger partial charge is 0.481 e. The van der Waals surface area contributed by atoms with Crippen LogP contribution < -0.4 is 5.32 Å². The lowest BCUT2D eigenvalue weighted by molar-refractivity contribution is -0.137. The molecular weight excluding hydrogens is 374 g/mol. The first-order chi connectivity index (χ1) is 14.5. The normalized spacial score (nSPS) is 10.8. The lowest BCUT2D eigenvalue weighted by atomic mass is 10.0. The molecule has 4 nitrogen and oxygen atoms in total. The monoisotopic (exact) mass is 423 g/mol. The number of carbonyl (C=O) groups excluding carboxylic acids is 1. The second-order valence-electron chi connectivity index (χ2n) is 8.90. The maximum absolute atomic E-state index is 11.3. The summed E-state index contributed by atoms with van der Waals surface area (Å²) in [6, 6.07) is 0. The highest BCUT2D eigenvalue weighted by atomic mass is 16.4. The van der Waals surface area contributed by atoms with E-state index in [9.17, 15) is 9.59 Å². The highest BCUT2D eigenvalue weighted by Crippen LogP contribution is 2.14. The predicted molar refractivity (Wildman–Crippen MR) is 128 cm³/mol. The average Bonchev–Trinajstić information content (AvgIpc) is 2.71. The summed E-state index contributed by atoms with van der Waals surface area (Å²) in [5, 5.41) is 11.5. The van der Waals surface area contributed by atoms with Crippen LogP contribution in [0.4, 0.5) is 0 Å². The third-order valence-electron chi connectivity index (χ3n) is 5.74. The Kier molecular flexibility index (Phi) is 21.4. The zero-order valence-electron chi connectivity index (χ0n) is 19.8. The fourth-order valence-electron chi connectivity index (χ4n) is 3.76. The van der Waals surface area contributed by atoms with Crippen LogP contribution in [0.1, 0.15) is 135 Å². The molecule has 0 aromatic carbocycles. The van der Waals surface area contributed by atoms with E-state index < -0.39 is 5.97 Å². The third-order valence-corrected chi connectivity index (χ3v) is 5.74. The minimum absolute atomic E-state index is 0.0169. The number of carboxylic acid groups (broad SMARTS) is 1. The van der Waals surface area contributed by atoms with Crippen molar-refractivity contribution in [2.24, 2.45) is 0 Å². The van der Waals surface area contributed by atoms with E-state index in [4.69, 9.17) is 5.11 Å². The molecule has 176 valence electrons. The van der Waals surface area contributed by atoms with Gasteiger partial charge in [-0.2, -0.15) is 0 Å². The molecule has 0 aliphatic heterocycles. The lowest BCUT2D eigenvalue weighted by Crippen LogP contribution is -2.24. The molecule has 0 fully saturated rings. The van der Waals surface area contributed by atoms with Crippen LogP contribution in [0.15, 0.2) is 12.2 Å². The van der Waals surface area contributed by atoms with E-state index in [0.29, 0.717) is 12.0 Å². The first kappa shape index (κ1) is 28.7. The van der Waals surface area contributed by atoms with Gasteiger partial charge in [-0.05, 0) is 19.8 Å². The summed E-state index contributed by atoms with van der Waals surface area (Å²) in [5.41, 5.74) is 0.591. The van der Waals surface area contributed by atoms with Crippen molar-refractivity contribution in [1.29, 1.82) is 0 Å². The van der Waals surface area contributed by atoms with Gasteiger partial charge >= 0.3 is 5.97 Å². The molecule has 0 aromatic heterocycles. The Bertz CT molecular complexity index is 434. The molecule has 30 heavy (non-hydrogen) atoms. The first-order valence-corrected chi connectivity index (χ1v) is 12.7. The van der Waals surface area contributed by atoms with Gasteiger partial charge in [0.05, 0.1) is 0 Å². The van der Waals surface area contributed by atoms with Crippen molar-refractivity contribution in [1.82, 2.24) is 5.32 Å². The Balaban J connectivity index is 3.07. The Labute approximate surface area is 186 Å². The van der Waals surface area contributed by atoms with Gasteiger partial charge in [0.1, 0.15) is 0 Å². The fourth-order valence-corrected chi connectivity index (χ4v) is 3.76. The molecule has 0 atom stereocenters. The van der Waals surface area contributed by atoms with Crippen LogP contribution >= 0.6 is 0 Å². The summed E-state index contributed by atoms with van der Waals surface area (Å²) < 4.78 is 0. The number of rotatable bonds is 23. The van der Waals surface area contributed by atoms with Crippen molar-refractivity contribution in [2.45, 2.75) is 135 Å². The molecule has 0 saturated carbocycles. The number of carbonyl (C=O) groups is 2. The van der Waals surface area contributed by atoms with Gasteiger partial charge in [0.25, 0.3) is 0 Å². The molecule has 0 aliphatic carbocycles. The van der Waals surface area contributed by atoms with Crippen molar-refractivity contribution in [3.8, 4) is 0 Å². The Morgan fingerprint density at radius 1 is 0.600 bits per heavy atom. The number of aliphatic carboxylic acids is 1. The summed E-state index contributed by atoms with van der Waals surface area (Å²) >= 11 is 0. The molecule has 0 spiro atoms. The Morgan fingerprint density at radius 3 is 1.20 bits per heavy atom. The van der Waals surface area contributed by atoms with E-state index in [1.54, 1.807) is 6.92 Å². The van der Waals surface area contributed by atoms with Gasteiger partial charge in [-0.25, -0.2) is 0 Å². The maximum atomic E-state index is 11.3. The topological polar surface area (TPSA) is 66.4 Å². The quantitative estimate of drug-likeness (QED) is 0.132. The van der Waals surface area contributed by atoms with E-state index in [1.807, 2.05) is 0 Å². The average molecular weight is 424 g/mol. The van der Waals surface area contributed by atoms with Gasteiger partial charge in [-0.3, -0.25) is 9.59 Å². The Morgan fingerprint density at radius 2 is 0.900 bits per heavy atom. The Hall–Kier alpha value is -1.32. The van der Waals surface area contributed by atoms with E-state index in [2.05, 4.69) is 11.9 Å². The smallest absolute Gasteiger partial charge is 0.303 e. The molecule has 0 heterocycles. The molecule has 0 aliphatic rings. The summed E-state index contributed by atoms with van der Waals surface area (Å²) in [6.07, 6.45) is 24.7. The predicted octanol–water partition coefficient (Wildman–Crippen LogP) is 7.57. The maximum Gasteiger partial charge on any atom is 0.303 e. The number of hydrogen-bond acceptors (Lipinski definition) is 2. The zero-order chi connectivity index (χ0) is 22.3. The zero-order valence-corrected chi connectivity index (χ0v) is 19.8. The fraction of sp³-hybridized carbons (Fsp3) is 0.846. The van der Waals surface area contributed by atoms with Crippen molar-refractivity contribution < 1.29 is 14.7 Å².